The van der Waals surface area contributed by atoms with Crippen molar-refractivity contribution in [3.8, 4) is 0 Å². The van der Waals surface area contributed by atoms with Gasteiger partial charge in [-0.3, -0.25) is 0 Å². The Morgan fingerprint density at radius 2 is 1.76 bits per heavy atom. The molecule has 0 fully saturated rings. The molecule has 1 aromatic rings. The maximum Gasteiger partial charge on any atom is 0.347 e. The Morgan fingerprint density at radius 1 is 1.19 bits per heavy atom. The van der Waals surface area contributed by atoms with E-state index in [0.29, 0.717) is 10.6 Å². The molecule has 0 unspecified atom stereocenters. The van der Waals surface area contributed by atoms with E-state index in [1.165, 1.54) is 11.3 Å². The van der Waals surface area contributed by atoms with Gasteiger partial charge in [0.2, 0.25) is 0 Å². The van der Waals surface area contributed by atoms with Crippen LogP contribution in [0.5, 0.6) is 0 Å². The molecular weight excluding hydrogens is 284 g/mol. The molecule has 0 amide bonds. The number of carboxylic acids is 1. The van der Waals surface area contributed by atoms with E-state index in [-0.39, 0.29) is 5.41 Å². The normalized spacial score (nSPS) is 12.1. The van der Waals surface area contributed by atoms with Crippen LogP contribution in [0.1, 0.15) is 67.8 Å². The molecule has 0 saturated carbocycles. The maximum atomic E-state index is 11.4. The molecule has 0 aliphatic carbocycles. The van der Waals surface area contributed by atoms with Gasteiger partial charge in [-0.2, -0.15) is 0 Å². The zero-order chi connectivity index (χ0) is 16.0. The predicted octanol–water partition coefficient (Wildman–Crippen LogP) is 3.80. The second-order valence-corrected chi connectivity index (χ2v) is 7.52. The van der Waals surface area contributed by atoms with Gasteiger partial charge >= 0.3 is 5.97 Å². The molecule has 4 nitrogen and oxygen atoms in total. The number of thiazole rings is 1. The summed E-state index contributed by atoms with van der Waals surface area (Å²) in [5.74, 6) is -0.859. The van der Waals surface area contributed by atoms with E-state index in [9.17, 15) is 9.90 Å². The number of hydrogen-bond acceptors (Lipinski definition) is 4. The minimum absolute atomic E-state index is 0.227. The maximum absolute atomic E-state index is 11.4. The van der Waals surface area contributed by atoms with Crippen LogP contribution in [0.2, 0.25) is 0 Å². The van der Waals surface area contributed by atoms with Crippen LogP contribution >= 0.6 is 11.3 Å². The molecule has 120 valence electrons. The molecule has 0 aromatic carbocycles. The first-order chi connectivity index (χ1) is 9.79. The molecular formula is C16H28N2O2S. The lowest BCUT2D eigenvalue weighted by Crippen LogP contribution is -2.27. The van der Waals surface area contributed by atoms with Crippen molar-refractivity contribution in [1.29, 1.82) is 0 Å². The van der Waals surface area contributed by atoms with Crippen molar-refractivity contribution < 1.29 is 9.90 Å². The van der Waals surface area contributed by atoms with Crippen LogP contribution in [-0.2, 0) is 11.8 Å². The van der Waals surface area contributed by atoms with Gasteiger partial charge < -0.3 is 10.0 Å². The number of hydrogen-bond donors (Lipinski definition) is 1. The molecule has 0 aliphatic heterocycles. The Kier molecular flexibility index (Phi) is 6.81. The highest BCUT2D eigenvalue weighted by molar-refractivity contribution is 7.13. The molecule has 0 saturated heterocycles. The van der Waals surface area contributed by atoms with Gasteiger partial charge in [0.05, 0.1) is 10.7 Å². The van der Waals surface area contributed by atoms with E-state index in [0.717, 1.165) is 43.9 Å². The second-order valence-electron chi connectivity index (χ2n) is 6.43. The molecule has 5 heteroatoms. The highest BCUT2D eigenvalue weighted by Gasteiger charge is 2.26. The third-order valence-corrected chi connectivity index (χ3v) is 4.40. The van der Waals surface area contributed by atoms with Crippen molar-refractivity contribution in [3.63, 3.8) is 0 Å². The molecule has 0 atom stereocenters. The molecule has 0 bridgehead atoms. The Bertz CT molecular complexity index is 457. The average molecular weight is 312 g/mol. The monoisotopic (exact) mass is 312 g/mol. The van der Waals surface area contributed by atoms with E-state index < -0.39 is 5.97 Å². The first kappa shape index (κ1) is 18.1. The van der Waals surface area contributed by atoms with E-state index in [2.05, 4.69) is 23.7 Å². The number of nitrogens with zero attached hydrogens (tertiary/aromatic N) is 2. The van der Waals surface area contributed by atoms with Crippen molar-refractivity contribution >= 4 is 17.3 Å². The molecule has 1 heterocycles. The van der Waals surface area contributed by atoms with E-state index in [4.69, 9.17) is 0 Å². The predicted molar refractivity (Wildman–Crippen MR) is 88.5 cm³/mol. The Hall–Kier alpha value is -0.940. The zero-order valence-corrected chi connectivity index (χ0v) is 14.7. The second kappa shape index (κ2) is 7.90. The summed E-state index contributed by atoms with van der Waals surface area (Å²) in [7, 11) is 0. The SMILES string of the molecule is CCCN(CCC)CCc1nc(C(C)(C)C)c(C(=O)O)s1. The quantitative estimate of drug-likeness (QED) is 0.793. The van der Waals surface area contributed by atoms with Crippen LogP contribution in [0, 0.1) is 0 Å². The van der Waals surface area contributed by atoms with Crippen LogP contribution in [0.3, 0.4) is 0 Å². The van der Waals surface area contributed by atoms with Crippen LogP contribution in [0.15, 0.2) is 0 Å². The summed E-state index contributed by atoms with van der Waals surface area (Å²) in [5.41, 5.74) is 0.488. The third-order valence-electron chi connectivity index (χ3n) is 3.30. The van der Waals surface area contributed by atoms with Gasteiger partial charge in [-0.05, 0) is 25.9 Å². The molecule has 0 radical (unpaired) electrons. The largest absolute Gasteiger partial charge is 0.477 e. The molecule has 1 rings (SSSR count). The smallest absolute Gasteiger partial charge is 0.347 e. The lowest BCUT2D eigenvalue weighted by Gasteiger charge is -2.20. The van der Waals surface area contributed by atoms with Crippen molar-refractivity contribution in [3.05, 3.63) is 15.6 Å². The van der Waals surface area contributed by atoms with Gasteiger partial charge in [0.25, 0.3) is 0 Å². The van der Waals surface area contributed by atoms with Gasteiger partial charge in [0.1, 0.15) is 4.88 Å². The van der Waals surface area contributed by atoms with Gasteiger partial charge in [0, 0.05) is 18.4 Å². The topological polar surface area (TPSA) is 53.4 Å². The summed E-state index contributed by atoms with van der Waals surface area (Å²) in [4.78, 5) is 18.8. The van der Waals surface area contributed by atoms with Gasteiger partial charge in [0.15, 0.2) is 0 Å². The first-order valence-corrected chi connectivity index (χ1v) is 8.57. The fourth-order valence-electron chi connectivity index (χ4n) is 2.35. The lowest BCUT2D eigenvalue weighted by molar-refractivity contribution is 0.0699. The molecule has 21 heavy (non-hydrogen) atoms. The lowest BCUT2D eigenvalue weighted by atomic mass is 9.91. The molecule has 1 aromatic heterocycles. The molecule has 0 aliphatic rings. The third kappa shape index (κ3) is 5.40. The summed E-state index contributed by atoms with van der Waals surface area (Å²) in [6.45, 7) is 13.6. The fourth-order valence-corrected chi connectivity index (χ4v) is 3.45. The highest BCUT2D eigenvalue weighted by atomic mass is 32.1. The van der Waals surface area contributed by atoms with E-state index >= 15 is 0 Å². The summed E-state index contributed by atoms with van der Waals surface area (Å²) in [6.07, 6.45) is 3.12. The summed E-state index contributed by atoms with van der Waals surface area (Å²) >= 11 is 1.34. The summed E-state index contributed by atoms with van der Waals surface area (Å²) in [5, 5.41) is 10.3. The van der Waals surface area contributed by atoms with Crippen LogP contribution in [-0.4, -0.2) is 40.6 Å². The number of aromatic nitrogens is 1. The Labute approximate surface area is 132 Å². The number of carbonyl (C=O) groups is 1. The van der Waals surface area contributed by atoms with Crippen LogP contribution < -0.4 is 0 Å². The van der Waals surface area contributed by atoms with E-state index in [1.807, 2.05) is 20.8 Å². The van der Waals surface area contributed by atoms with Gasteiger partial charge in [-0.25, -0.2) is 9.78 Å². The van der Waals surface area contributed by atoms with Gasteiger partial charge in [-0.15, -0.1) is 11.3 Å². The number of carboxylic acid groups (broad SMARTS) is 1. The minimum atomic E-state index is -0.859. The fraction of sp³-hybridized carbons (Fsp3) is 0.750. The zero-order valence-electron chi connectivity index (χ0n) is 13.9. The van der Waals surface area contributed by atoms with Gasteiger partial charge in [-0.1, -0.05) is 34.6 Å². The summed E-state index contributed by atoms with van der Waals surface area (Å²) < 4.78 is 0. The summed E-state index contributed by atoms with van der Waals surface area (Å²) in [6, 6.07) is 0. The average Bonchev–Trinajstić information content (AvgIpc) is 2.81. The van der Waals surface area contributed by atoms with E-state index in [1.54, 1.807) is 0 Å². The van der Waals surface area contributed by atoms with Crippen molar-refractivity contribution in [2.45, 2.75) is 59.3 Å². The minimum Gasteiger partial charge on any atom is -0.477 e. The molecule has 0 spiro atoms. The first-order valence-electron chi connectivity index (χ1n) is 7.75. The van der Waals surface area contributed by atoms with Crippen molar-refractivity contribution in [2.24, 2.45) is 0 Å². The van der Waals surface area contributed by atoms with Crippen molar-refractivity contribution in [1.82, 2.24) is 9.88 Å². The standard InChI is InChI=1S/C16H28N2O2S/c1-6-9-18(10-7-2)11-8-12-17-14(16(3,4)5)13(21-12)15(19)20/h6-11H2,1-5H3,(H,19,20). The van der Waals surface area contributed by atoms with Crippen LogP contribution in [0.25, 0.3) is 0 Å². The Balaban J connectivity index is 2.82. The van der Waals surface area contributed by atoms with Crippen molar-refractivity contribution in [2.75, 3.05) is 19.6 Å². The Morgan fingerprint density at radius 3 is 2.14 bits per heavy atom. The number of rotatable bonds is 8. The number of aromatic carboxylic acids is 1. The molecule has 1 N–H and O–H groups in total. The van der Waals surface area contributed by atoms with Crippen LogP contribution in [0.4, 0.5) is 0 Å². The highest BCUT2D eigenvalue weighted by Crippen LogP contribution is 2.29.